The lowest BCUT2D eigenvalue weighted by Crippen LogP contribution is -3.00. The van der Waals surface area contributed by atoms with Gasteiger partial charge in [-0.2, -0.15) is 0 Å². The van der Waals surface area contributed by atoms with E-state index in [1.54, 1.807) is 28.2 Å². The van der Waals surface area contributed by atoms with Gasteiger partial charge in [0, 0.05) is 9.57 Å². The highest BCUT2D eigenvalue weighted by molar-refractivity contribution is 9.10. The summed E-state index contributed by atoms with van der Waals surface area (Å²) in [5.74, 6) is 0. The summed E-state index contributed by atoms with van der Waals surface area (Å²) in [5, 5.41) is 8.22. The molecule has 0 aliphatic heterocycles. The zero-order valence-electron chi connectivity index (χ0n) is 8.59. The van der Waals surface area contributed by atoms with E-state index in [1.165, 1.54) is 0 Å². The smallest absolute Gasteiger partial charge is 0.288 e. The van der Waals surface area contributed by atoms with Crippen molar-refractivity contribution >= 4 is 22.1 Å². The van der Waals surface area contributed by atoms with Crippen LogP contribution in [0.3, 0.4) is 0 Å². The summed E-state index contributed by atoms with van der Waals surface area (Å²) in [6.07, 6.45) is 5.22. The van der Waals surface area contributed by atoms with Gasteiger partial charge >= 0.3 is 0 Å². The van der Waals surface area contributed by atoms with Crippen molar-refractivity contribution in [2.75, 3.05) is 0 Å². The summed E-state index contributed by atoms with van der Waals surface area (Å²) in [7, 11) is 1.85. The second-order valence-electron chi connectivity index (χ2n) is 3.10. The molecule has 0 N–H and O–H groups in total. The van der Waals surface area contributed by atoms with E-state index in [1.807, 2.05) is 31.3 Å². The minimum Gasteiger partial charge on any atom is -1.00 e. The molecule has 0 amide bonds. The molecule has 0 unspecified atom stereocenters. The molecule has 2 rings (SSSR count). The number of hydrogen-bond acceptors (Lipinski definition) is 2. The van der Waals surface area contributed by atoms with Gasteiger partial charge in [-0.3, -0.25) is 0 Å². The van der Waals surface area contributed by atoms with E-state index in [4.69, 9.17) is 0 Å². The summed E-state index contributed by atoms with van der Waals surface area (Å²) >= 11 is 3.38. The largest absolute Gasteiger partial charge is 1.00 e. The maximum absolute atomic E-state index is 4.22. The topological polar surface area (TPSA) is 34.1 Å². The predicted molar refractivity (Wildman–Crippen MR) is 60.5 cm³/mol. The first-order chi connectivity index (χ1) is 7.24. The van der Waals surface area contributed by atoms with Crippen molar-refractivity contribution in [2.24, 2.45) is 12.1 Å². The number of halogens is 2. The molecule has 1 aromatic heterocycles. The van der Waals surface area contributed by atoms with Gasteiger partial charge in [0.1, 0.15) is 0 Å². The van der Waals surface area contributed by atoms with Crippen LogP contribution in [0.5, 0.6) is 0 Å². The van der Waals surface area contributed by atoms with Crippen molar-refractivity contribution in [1.82, 2.24) is 9.78 Å². The Morgan fingerprint density at radius 3 is 2.62 bits per heavy atom. The van der Waals surface area contributed by atoms with Gasteiger partial charge in [-0.05, 0) is 17.7 Å². The molecule has 0 aliphatic rings. The van der Waals surface area contributed by atoms with E-state index in [9.17, 15) is 0 Å². The lowest BCUT2D eigenvalue weighted by molar-refractivity contribution is -0.679. The van der Waals surface area contributed by atoms with Crippen molar-refractivity contribution in [3.05, 3.63) is 47.0 Å². The summed E-state index contributed by atoms with van der Waals surface area (Å²) in [6.45, 7) is 0. The molecule has 0 aliphatic carbocycles. The molecule has 0 spiro atoms. The minimum absolute atomic E-state index is 0. The van der Waals surface area contributed by atoms with Gasteiger partial charge in [-0.25, -0.2) is 0 Å². The first-order valence-electron chi connectivity index (χ1n) is 4.44. The molecule has 0 bridgehead atoms. The molecule has 0 atom stereocenters. The molecule has 16 heavy (non-hydrogen) atoms. The molecule has 4 nitrogen and oxygen atoms in total. The number of nitrogens with zero attached hydrogens (tertiary/aromatic N) is 4. The van der Waals surface area contributed by atoms with Crippen LogP contribution in [0, 0.1) is 0 Å². The molecular weight excluding hydrogens is 383 g/mol. The Morgan fingerprint density at radius 2 is 2.06 bits per heavy atom. The van der Waals surface area contributed by atoms with Crippen LogP contribution >= 0.6 is 15.9 Å². The average Bonchev–Trinajstić information content (AvgIpc) is 2.64. The van der Waals surface area contributed by atoms with Crippen LogP contribution < -0.4 is 28.7 Å². The Balaban J connectivity index is 0.00000128. The third-order valence-electron chi connectivity index (χ3n) is 1.85. The zero-order chi connectivity index (χ0) is 10.7. The van der Waals surface area contributed by atoms with Crippen molar-refractivity contribution in [2.45, 2.75) is 0 Å². The summed E-state index contributed by atoms with van der Waals surface area (Å²) < 4.78 is 4.41. The van der Waals surface area contributed by atoms with Crippen LogP contribution in [0.4, 0.5) is 0 Å². The number of hydrogen-bond donors (Lipinski definition) is 0. The molecule has 0 saturated carbocycles. The highest BCUT2D eigenvalue weighted by Crippen LogP contribution is 2.08. The van der Waals surface area contributed by atoms with Crippen LogP contribution in [0.1, 0.15) is 5.56 Å². The monoisotopic (exact) mass is 392 g/mol. The first kappa shape index (κ1) is 13.3. The highest BCUT2D eigenvalue weighted by atomic mass is 127. The summed E-state index contributed by atoms with van der Waals surface area (Å²) in [5.41, 5.74) is 1.05. The molecule has 1 aromatic carbocycles. The maximum atomic E-state index is 4.22. The van der Waals surface area contributed by atoms with Gasteiger partial charge in [-0.1, -0.05) is 28.1 Å². The molecule has 1 heterocycles. The predicted octanol–water partition coefficient (Wildman–Crippen LogP) is -1.64. The molecule has 0 fully saturated rings. The van der Waals surface area contributed by atoms with Crippen molar-refractivity contribution < 1.29 is 28.7 Å². The second kappa shape index (κ2) is 6.09. The maximum Gasteiger partial charge on any atom is 0.288 e. The highest BCUT2D eigenvalue weighted by Gasteiger charge is 1.97. The normalized spacial score (nSPS) is 10.4. The van der Waals surface area contributed by atoms with Gasteiger partial charge in [-0.15, -0.1) is 14.5 Å². The van der Waals surface area contributed by atoms with E-state index < -0.39 is 0 Å². The van der Waals surface area contributed by atoms with Crippen molar-refractivity contribution in [3.63, 3.8) is 0 Å². The molecule has 0 radical (unpaired) electrons. The van der Waals surface area contributed by atoms with Gasteiger partial charge in [0.05, 0.1) is 13.3 Å². The first-order valence-corrected chi connectivity index (χ1v) is 5.23. The third kappa shape index (κ3) is 3.67. The van der Waals surface area contributed by atoms with Crippen LogP contribution in [-0.2, 0) is 7.05 Å². The SMILES string of the molecule is Cn1c[n+](/N=C/c2ccc(Br)cc2)cn1.[I-]. The number of rotatable bonds is 2. The van der Waals surface area contributed by atoms with E-state index in [0.717, 1.165) is 10.0 Å². The molecule has 2 aromatic rings. The Bertz CT molecular complexity index is 478. The lowest BCUT2D eigenvalue weighted by Gasteiger charge is -1.91. The Hall–Kier alpha value is -0.760. The Morgan fingerprint density at radius 1 is 1.38 bits per heavy atom. The van der Waals surface area contributed by atoms with Crippen LogP contribution in [0.15, 0.2) is 46.5 Å². The Labute approximate surface area is 119 Å². The van der Waals surface area contributed by atoms with Gasteiger partial charge < -0.3 is 24.0 Å². The van der Waals surface area contributed by atoms with E-state index in [2.05, 4.69) is 26.1 Å². The van der Waals surface area contributed by atoms with Gasteiger partial charge in [0.25, 0.3) is 6.33 Å². The van der Waals surface area contributed by atoms with Crippen molar-refractivity contribution in [1.29, 1.82) is 0 Å². The van der Waals surface area contributed by atoms with E-state index >= 15 is 0 Å². The number of aryl methyl sites for hydroxylation is 1. The van der Waals surface area contributed by atoms with Gasteiger partial charge in [0.2, 0.25) is 6.33 Å². The van der Waals surface area contributed by atoms with E-state index in [0.29, 0.717) is 0 Å². The van der Waals surface area contributed by atoms with E-state index in [-0.39, 0.29) is 24.0 Å². The van der Waals surface area contributed by atoms with Crippen LogP contribution in [-0.4, -0.2) is 16.0 Å². The summed E-state index contributed by atoms with van der Waals surface area (Å²) in [6, 6.07) is 7.94. The summed E-state index contributed by atoms with van der Waals surface area (Å²) in [4.78, 5) is 0. The minimum atomic E-state index is 0. The molecule has 6 heteroatoms. The van der Waals surface area contributed by atoms with Crippen molar-refractivity contribution in [3.8, 4) is 0 Å². The zero-order valence-corrected chi connectivity index (χ0v) is 12.3. The fourth-order valence-corrected chi connectivity index (χ4v) is 1.37. The van der Waals surface area contributed by atoms with Crippen LogP contribution in [0.25, 0.3) is 0 Å². The quantitative estimate of drug-likeness (QED) is 0.343. The third-order valence-corrected chi connectivity index (χ3v) is 2.38. The lowest BCUT2D eigenvalue weighted by atomic mass is 10.2. The second-order valence-corrected chi connectivity index (χ2v) is 4.01. The fourth-order valence-electron chi connectivity index (χ4n) is 1.11. The molecular formula is C10H10BrIN4. The Kier molecular flexibility index (Phi) is 5.07. The molecule has 84 valence electrons. The number of aromatic nitrogens is 3. The fraction of sp³-hybridized carbons (Fsp3) is 0.100. The number of benzene rings is 1. The van der Waals surface area contributed by atoms with Gasteiger partial charge in [0.15, 0.2) is 0 Å². The molecule has 0 saturated heterocycles. The van der Waals surface area contributed by atoms with Crippen LogP contribution in [0.2, 0.25) is 0 Å². The average molecular weight is 393 g/mol. The standard InChI is InChI=1S/C10H10BrN4.HI/c1-14-8-15(7-13-14)12-6-9-2-4-10(11)5-3-9;/h2-8H,1H3;1H/q+1;/p-1/b12-6+;.